The van der Waals surface area contributed by atoms with Crippen molar-refractivity contribution in [2.45, 2.75) is 47.0 Å². The Labute approximate surface area is 110 Å². The molecule has 0 aromatic carbocycles. The Kier molecular flexibility index (Phi) is 3.28. The molecule has 2 aliphatic carbocycles. The first kappa shape index (κ1) is 12.9. The molecule has 0 bridgehead atoms. The van der Waals surface area contributed by atoms with Gasteiger partial charge in [-0.1, -0.05) is 52.4 Å². The standard InChI is InChI=1S/C15H22OS/c1-9(2)11-8-15(4)10(3)6-5-7-12(15)14(17)13(11)16/h8-10,12H,5-7H2,1-4H3. The molecule has 0 spiro atoms. The predicted molar refractivity (Wildman–Crippen MR) is 75.1 cm³/mol. The molecular formula is C15H22OS. The first-order valence-corrected chi connectivity index (χ1v) is 7.10. The minimum Gasteiger partial charge on any atom is -0.288 e. The van der Waals surface area contributed by atoms with E-state index in [1.807, 2.05) is 0 Å². The van der Waals surface area contributed by atoms with Crippen LogP contribution in [0.4, 0.5) is 0 Å². The van der Waals surface area contributed by atoms with E-state index in [1.54, 1.807) is 0 Å². The molecule has 0 radical (unpaired) electrons. The van der Waals surface area contributed by atoms with Crippen molar-refractivity contribution in [1.29, 1.82) is 0 Å². The average molecular weight is 250 g/mol. The Hall–Kier alpha value is -0.500. The van der Waals surface area contributed by atoms with Crippen LogP contribution in [0.25, 0.3) is 0 Å². The zero-order valence-electron chi connectivity index (χ0n) is 11.2. The van der Waals surface area contributed by atoms with E-state index in [-0.39, 0.29) is 17.1 Å². The monoisotopic (exact) mass is 250 g/mol. The number of hydrogen-bond donors (Lipinski definition) is 0. The summed E-state index contributed by atoms with van der Waals surface area (Å²) in [6, 6.07) is 0. The van der Waals surface area contributed by atoms with Gasteiger partial charge in [0.1, 0.15) is 0 Å². The fraction of sp³-hybridized carbons (Fsp3) is 0.733. The van der Waals surface area contributed by atoms with Crippen LogP contribution in [-0.4, -0.2) is 10.6 Å². The van der Waals surface area contributed by atoms with E-state index in [9.17, 15) is 4.79 Å². The van der Waals surface area contributed by atoms with E-state index < -0.39 is 0 Å². The molecule has 0 saturated heterocycles. The van der Waals surface area contributed by atoms with Gasteiger partial charge in [0, 0.05) is 5.92 Å². The van der Waals surface area contributed by atoms with Crippen LogP contribution < -0.4 is 0 Å². The number of carbonyl (C=O) groups excluding carboxylic acids is 1. The van der Waals surface area contributed by atoms with E-state index >= 15 is 0 Å². The van der Waals surface area contributed by atoms with Crippen LogP contribution in [0.5, 0.6) is 0 Å². The van der Waals surface area contributed by atoms with Crippen LogP contribution in [-0.2, 0) is 4.79 Å². The van der Waals surface area contributed by atoms with Gasteiger partial charge in [0.15, 0.2) is 5.78 Å². The van der Waals surface area contributed by atoms with Gasteiger partial charge in [-0.15, -0.1) is 0 Å². The van der Waals surface area contributed by atoms with Crippen molar-refractivity contribution in [2.24, 2.45) is 23.2 Å². The highest BCUT2D eigenvalue weighted by atomic mass is 32.1. The molecule has 3 atom stereocenters. The first-order valence-electron chi connectivity index (χ1n) is 6.69. The lowest BCUT2D eigenvalue weighted by Gasteiger charge is -2.47. The van der Waals surface area contributed by atoms with Crippen molar-refractivity contribution >= 4 is 22.9 Å². The number of hydrogen-bond acceptors (Lipinski definition) is 2. The van der Waals surface area contributed by atoms with Gasteiger partial charge in [0.25, 0.3) is 0 Å². The maximum Gasteiger partial charge on any atom is 0.195 e. The third kappa shape index (κ3) is 1.91. The molecular weight excluding hydrogens is 228 g/mol. The summed E-state index contributed by atoms with van der Waals surface area (Å²) in [6.07, 6.45) is 5.81. The first-order chi connectivity index (χ1) is 7.88. The predicted octanol–water partition coefficient (Wildman–Crippen LogP) is 3.96. The van der Waals surface area contributed by atoms with Crippen LogP contribution in [0.2, 0.25) is 0 Å². The molecule has 0 aromatic heterocycles. The molecule has 2 aliphatic rings. The van der Waals surface area contributed by atoms with E-state index in [0.29, 0.717) is 16.7 Å². The Morgan fingerprint density at radius 2 is 2.06 bits per heavy atom. The largest absolute Gasteiger partial charge is 0.288 e. The zero-order valence-corrected chi connectivity index (χ0v) is 12.1. The molecule has 2 rings (SSSR count). The lowest BCUT2D eigenvalue weighted by molar-refractivity contribution is -0.111. The number of Topliss-reactive ketones (excluding diaryl/α,β-unsaturated/α-hetero) is 1. The minimum absolute atomic E-state index is 0.114. The van der Waals surface area contributed by atoms with Crippen molar-refractivity contribution < 1.29 is 4.79 Å². The normalized spacial score (nSPS) is 38.1. The van der Waals surface area contributed by atoms with Gasteiger partial charge >= 0.3 is 0 Å². The van der Waals surface area contributed by atoms with E-state index in [0.717, 1.165) is 12.0 Å². The number of thiocarbonyl (C=S) groups is 1. The fourth-order valence-corrected chi connectivity index (χ4v) is 3.87. The summed E-state index contributed by atoms with van der Waals surface area (Å²) in [5, 5.41) is 0. The molecule has 2 heteroatoms. The molecule has 1 fully saturated rings. The molecule has 0 aliphatic heterocycles. The molecule has 1 nitrogen and oxygen atoms in total. The Balaban J connectivity index is 2.50. The summed E-state index contributed by atoms with van der Waals surface area (Å²) in [5.74, 6) is 1.36. The second-order valence-electron chi connectivity index (χ2n) is 6.20. The van der Waals surface area contributed by atoms with Crippen molar-refractivity contribution in [3.63, 3.8) is 0 Å². The number of carbonyl (C=O) groups is 1. The average Bonchev–Trinajstić information content (AvgIpc) is 2.26. The van der Waals surface area contributed by atoms with Gasteiger partial charge in [-0.3, -0.25) is 4.79 Å². The van der Waals surface area contributed by atoms with Crippen molar-refractivity contribution in [3.8, 4) is 0 Å². The zero-order chi connectivity index (χ0) is 12.8. The highest BCUT2D eigenvalue weighted by Gasteiger charge is 2.47. The summed E-state index contributed by atoms with van der Waals surface area (Å²) in [4.78, 5) is 13.0. The molecule has 1 saturated carbocycles. The summed E-state index contributed by atoms with van der Waals surface area (Å²) in [5.41, 5.74) is 1.06. The lowest BCUT2D eigenvalue weighted by Crippen LogP contribution is -2.46. The molecule has 0 N–H and O–H groups in total. The van der Waals surface area contributed by atoms with Crippen molar-refractivity contribution in [1.82, 2.24) is 0 Å². The van der Waals surface area contributed by atoms with E-state index in [1.165, 1.54) is 12.8 Å². The maximum absolute atomic E-state index is 12.3. The summed E-state index contributed by atoms with van der Waals surface area (Å²) in [6.45, 7) is 8.77. The molecule has 0 amide bonds. The van der Waals surface area contributed by atoms with E-state index in [4.69, 9.17) is 12.2 Å². The van der Waals surface area contributed by atoms with Crippen LogP contribution in [0.15, 0.2) is 11.6 Å². The Morgan fingerprint density at radius 1 is 1.41 bits per heavy atom. The SMILES string of the molecule is CC(C)C1=CC2(C)C(C)CCCC2C(=S)C1=O. The van der Waals surface area contributed by atoms with Gasteiger partial charge < -0.3 is 0 Å². The third-order valence-electron chi connectivity index (χ3n) is 4.83. The topological polar surface area (TPSA) is 17.1 Å². The second kappa shape index (κ2) is 4.31. The number of ketones is 1. The fourth-order valence-electron chi connectivity index (χ4n) is 3.38. The number of rotatable bonds is 1. The molecule has 3 unspecified atom stereocenters. The molecule has 0 aromatic rings. The number of allylic oxidation sites excluding steroid dienone is 2. The quantitative estimate of drug-likeness (QED) is 0.655. The van der Waals surface area contributed by atoms with Gasteiger partial charge in [-0.2, -0.15) is 0 Å². The van der Waals surface area contributed by atoms with Gasteiger partial charge in [-0.25, -0.2) is 0 Å². The van der Waals surface area contributed by atoms with Gasteiger partial charge in [-0.05, 0) is 35.7 Å². The maximum atomic E-state index is 12.3. The summed E-state index contributed by atoms with van der Waals surface area (Å²) in [7, 11) is 0. The molecule has 0 heterocycles. The summed E-state index contributed by atoms with van der Waals surface area (Å²) >= 11 is 5.46. The Bertz CT molecular complexity index is 394. The molecule has 94 valence electrons. The highest BCUT2D eigenvalue weighted by Crippen LogP contribution is 2.50. The number of fused-ring (bicyclic) bond motifs is 1. The van der Waals surface area contributed by atoms with Crippen LogP contribution >= 0.6 is 12.2 Å². The van der Waals surface area contributed by atoms with Crippen molar-refractivity contribution in [3.05, 3.63) is 11.6 Å². The van der Waals surface area contributed by atoms with Crippen molar-refractivity contribution in [2.75, 3.05) is 0 Å². The van der Waals surface area contributed by atoms with Crippen LogP contribution in [0.3, 0.4) is 0 Å². The smallest absolute Gasteiger partial charge is 0.195 e. The third-order valence-corrected chi connectivity index (χ3v) is 5.30. The van der Waals surface area contributed by atoms with Gasteiger partial charge in [0.05, 0.1) is 4.86 Å². The van der Waals surface area contributed by atoms with Crippen LogP contribution in [0, 0.1) is 23.2 Å². The molecule has 17 heavy (non-hydrogen) atoms. The Morgan fingerprint density at radius 3 is 2.65 bits per heavy atom. The second-order valence-corrected chi connectivity index (χ2v) is 6.64. The summed E-state index contributed by atoms with van der Waals surface area (Å²) < 4.78 is 0. The highest BCUT2D eigenvalue weighted by molar-refractivity contribution is 7.82. The van der Waals surface area contributed by atoms with Gasteiger partial charge in [0.2, 0.25) is 0 Å². The minimum atomic E-state index is 0.114. The van der Waals surface area contributed by atoms with Crippen LogP contribution in [0.1, 0.15) is 47.0 Å². The lowest BCUT2D eigenvalue weighted by atomic mass is 9.56. The van der Waals surface area contributed by atoms with E-state index in [2.05, 4.69) is 33.8 Å².